The molecule has 13 heteroatoms. The summed E-state index contributed by atoms with van der Waals surface area (Å²) in [6.45, 7) is 4.19. The summed E-state index contributed by atoms with van der Waals surface area (Å²) in [5.41, 5.74) is 1.06. The van der Waals surface area contributed by atoms with Crippen molar-refractivity contribution in [1.82, 2.24) is 28.9 Å². The van der Waals surface area contributed by atoms with Crippen LogP contribution in [0.4, 0.5) is 11.4 Å². The van der Waals surface area contributed by atoms with Crippen LogP contribution in [-0.4, -0.2) is 45.5 Å². The summed E-state index contributed by atoms with van der Waals surface area (Å²) in [4.78, 5) is 39.9. The number of aromatic nitrogens is 6. The Balaban J connectivity index is 1.57. The Labute approximate surface area is 197 Å². The number of hydrogen-bond acceptors (Lipinski definition) is 8. The Hall–Kier alpha value is -4.26. The first-order valence-corrected chi connectivity index (χ1v) is 11.0. The van der Waals surface area contributed by atoms with E-state index in [1.165, 1.54) is 28.3 Å². The van der Waals surface area contributed by atoms with Crippen LogP contribution in [0.3, 0.4) is 0 Å². The first-order valence-electron chi connectivity index (χ1n) is 10.0. The predicted octanol–water partition coefficient (Wildman–Crippen LogP) is 2.36. The van der Waals surface area contributed by atoms with Crippen LogP contribution in [0.2, 0.25) is 0 Å². The zero-order valence-corrected chi connectivity index (χ0v) is 19.2. The number of carbonyl (C=O) groups is 1. The van der Waals surface area contributed by atoms with Gasteiger partial charge < -0.3 is 5.32 Å². The van der Waals surface area contributed by atoms with Crippen LogP contribution in [-0.2, 0) is 25.4 Å². The summed E-state index contributed by atoms with van der Waals surface area (Å²) < 4.78 is 4.49. The molecule has 0 fully saturated rings. The highest BCUT2D eigenvalue weighted by atomic mass is 32.2. The van der Waals surface area contributed by atoms with E-state index in [0.29, 0.717) is 28.6 Å². The molecule has 1 amide bonds. The number of anilines is 1. The minimum absolute atomic E-state index is 0.00864. The highest BCUT2D eigenvalue weighted by Gasteiger charge is 2.22. The molecule has 0 aliphatic rings. The minimum atomic E-state index is -0.596. The van der Waals surface area contributed by atoms with Gasteiger partial charge in [-0.1, -0.05) is 17.8 Å². The fourth-order valence-corrected chi connectivity index (χ4v) is 4.25. The maximum Gasteiger partial charge on any atom is 0.328 e. The van der Waals surface area contributed by atoms with Crippen LogP contribution >= 0.6 is 11.8 Å². The van der Waals surface area contributed by atoms with E-state index in [-0.39, 0.29) is 22.8 Å². The number of thioether (sulfide) groups is 1. The molecule has 4 rings (SSSR count). The van der Waals surface area contributed by atoms with Crippen LogP contribution in [0.1, 0.15) is 0 Å². The van der Waals surface area contributed by atoms with Crippen molar-refractivity contribution >= 4 is 40.1 Å². The first-order chi connectivity index (χ1) is 16.3. The number of nitrogens with zero attached hydrogens (tertiary/aromatic N) is 7. The molecular formula is C21H20N8O4S. The Bertz CT molecular complexity index is 1470. The van der Waals surface area contributed by atoms with Gasteiger partial charge in [-0.3, -0.25) is 33.6 Å². The molecule has 0 saturated heterocycles. The number of nitrogens with one attached hydrogen (secondary N) is 1. The van der Waals surface area contributed by atoms with Crippen LogP contribution in [0.15, 0.2) is 59.3 Å². The Kier molecular flexibility index (Phi) is 6.27. The molecule has 0 aliphatic carbocycles. The molecule has 174 valence electrons. The second-order valence-electron chi connectivity index (χ2n) is 7.29. The Morgan fingerprint density at radius 3 is 2.53 bits per heavy atom. The van der Waals surface area contributed by atoms with Crippen molar-refractivity contribution in [3.63, 3.8) is 0 Å². The third-order valence-corrected chi connectivity index (χ3v) is 6.13. The SMILES string of the molecule is C=CCn1c(SCC(=O)Nc2cc3c(cc2[N+](=O)[O-])n(C)c(=O)n3C)nnc1-c1ccncc1. The number of benzene rings is 1. The molecule has 0 atom stereocenters. The van der Waals surface area contributed by atoms with E-state index >= 15 is 0 Å². The molecule has 3 heterocycles. The quantitative estimate of drug-likeness (QED) is 0.175. The topological polar surface area (TPSA) is 143 Å². The molecule has 4 aromatic rings. The molecule has 0 unspecified atom stereocenters. The molecule has 3 aromatic heterocycles. The second kappa shape index (κ2) is 9.31. The summed E-state index contributed by atoms with van der Waals surface area (Å²) >= 11 is 1.14. The van der Waals surface area contributed by atoms with Crippen molar-refractivity contribution in [2.24, 2.45) is 14.1 Å². The van der Waals surface area contributed by atoms with Crippen molar-refractivity contribution in [3.8, 4) is 11.4 Å². The maximum absolute atomic E-state index is 12.7. The van der Waals surface area contributed by atoms with Gasteiger partial charge in [-0.25, -0.2) is 4.79 Å². The molecule has 0 bridgehead atoms. The van der Waals surface area contributed by atoms with E-state index in [4.69, 9.17) is 0 Å². The number of allylic oxidation sites excluding steroid dienone is 1. The number of pyridine rings is 1. The molecule has 0 radical (unpaired) electrons. The lowest BCUT2D eigenvalue weighted by atomic mass is 10.2. The van der Waals surface area contributed by atoms with E-state index in [1.54, 1.807) is 37.7 Å². The summed E-state index contributed by atoms with van der Waals surface area (Å²) in [5, 5.41) is 23.1. The van der Waals surface area contributed by atoms with E-state index in [9.17, 15) is 19.7 Å². The minimum Gasteiger partial charge on any atom is -0.320 e. The summed E-state index contributed by atoms with van der Waals surface area (Å²) in [5.74, 6) is 0.0810. The standard InChI is InChI=1S/C21H20N8O4S/c1-4-9-28-19(13-5-7-22-8-6-13)24-25-20(28)34-12-18(30)23-14-10-16-17(11-15(14)29(32)33)27(3)21(31)26(16)2/h4-8,10-11H,1,9,12H2,2-3H3,(H,23,30). The maximum atomic E-state index is 12.7. The second-order valence-corrected chi connectivity index (χ2v) is 8.24. The van der Waals surface area contributed by atoms with Gasteiger partial charge in [-0.2, -0.15) is 0 Å². The van der Waals surface area contributed by atoms with E-state index in [2.05, 4.69) is 27.1 Å². The van der Waals surface area contributed by atoms with Crippen LogP contribution < -0.4 is 11.0 Å². The number of carbonyl (C=O) groups excluding carboxylic acids is 1. The lowest BCUT2D eigenvalue weighted by molar-refractivity contribution is -0.383. The Morgan fingerprint density at radius 1 is 1.21 bits per heavy atom. The predicted molar refractivity (Wildman–Crippen MR) is 128 cm³/mol. The largest absolute Gasteiger partial charge is 0.328 e. The molecular weight excluding hydrogens is 460 g/mol. The van der Waals surface area contributed by atoms with Gasteiger partial charge in [0.2, 0.25) is 5.91 Å². The zero-order chi connectivity index (χ0) is 24.4. The first kappa shape index (κ1) is 22.9. The zero-order valence-electron chi connectivity index (χ0n) is 18.3. The van der Waals surface area contributed by atoms with Gasteiger partial charge in [0.25, 0.3) is 5.69 Å². The lowest BCUT2D eigenvalue weighted by Crippen LogP contribution is -2.19. The summed E-state index contributed by atoms with van der Waals surface area (Å²) in [7, 11) is 3.09. The van der Waals surface area contributed by atoms with Crippen molar-refractivity contribution in [2.75, 3.05) is 11.1 Å². The van der Waals surface area contributed by atoms with Crippen molar-refractivity contribution < 1.29 is 9.72 Å². The van der Waals surface area contributed by atoms with Crippen molar-refractivity contribution in [3.05, 3.63) is 69.9 Å². The van der Waals surface area contributed by atoms with Crippen LogP contribution in [0.5, 0.6) is 0 Å². The number of hydrogen-bond donors (Lipinski definition) is 1. The van der Waals surface area contributed by atoms with Gasteiger partial charge in [-0.15, -0.1) is 16.8 Å². The van der Waals surface area contributed by atoms with Gasteiger partial charge in [0, 0.05) is 44.7 Å². The average molecular weight is 481 g/mol. The number of nitro groups is 1. The number of aryl methyl sites for hydroxylation is 2. The van der Waals surface area contributed by atoms with Gasteiger partial charge >= 0.3 is 5.69 Å². The van der Waals surface area contributed by atoms with E-state index in [0.717, 1.165) is 17.3 Å². The van der Waals surface area contributed by atoms with Gasteiger partial charge in [0.05, 0.1) is 21.7 Å². The average Bonchev–Trinajstić information content (AvgIpc) is 3.32. The van der Waals surface area contributed by atoms with Crippen LogP contribution in [0, 0.1) is 10.1 Å². The summed E-state index contributed by atoms with van der Waals surface area (Å²) in [6.07, 6.45) is 4.99. The summed E-state index contributed by atoms with van der Waals surface area (Å²) in [6, 6.07) is 6.31. The molecule has 0 aliphatic heterocycles. The van der Waals surface area contributed by atoms with E-state index in [1.807, 2.05) is 4.57 Å². The number of fused-ring (bicyclic) bond motifs is 1. The number of imidazole rings is 1. The molecule has 1 aromatic carbocycles. The molecule has 0 saturated carbocycles. The monoisotopic (exact) mass is 480 g/mol. The lowest BCUT2D eigenvalue weighted by Gasteiger charge is -2.09. The number of amides is 1. The van der Waals surface area contributed by atoms with Crippen LogP contribution in [0.25, 0.3) is 22.4 Å². The molecule has 0 spiro atoms. The molecule has 12 nitrogen and oxygen atoms in total. The fraction of sp³-hybridized carbons (Fsp3) is 0.190. The Morgan fingerprint density at radius 2 is 1.88 bits per heavy atom. The van der Waals surface area contributed by atoms with Crippen molar-refractivity contribution in [1.29, 1.82) is 0 Å². The van der Waals surface area contributed by atoms with Gasteiger partial charge in [0.1, 0.15) is 5.69 Å². The number of nitro benzene ring substituents is 1. The fourth-order valence-electron chi connectivity index (χ4n) is 3.51. The third-order valence-electron chi connectivity index (χ3n) is 5.16. The number of rotatable bonds is 8. The third kappa shape index (κ3) is 4.20. The molecule has 1 N–H and O–H groups in total. The van der Waals surface area contributed by atoms with Gasteiger partial charge in [0.15, 0.2) is 11.0 Å². The molecule has 34 heavy (non-hydrogen) atoms. The highest BCUT2D eigenvalue weighted by Crippen LogP contribution is 2.30. The van der Waals surface area contributed by atoms with E-state index < -0.39 is 10.8 Å². The smallest absolute Gasteiger partial charge is 0.320 e. The van der Waals surface area contributed by atoms with Gasteiger partial charge in [-0.05, 0) is 18.2 Å². The van der Waals surface area contributed by atoms with Crippen molar-refractivity contribution in [2.45, 2.75) is 11.7 Å². The normalized spacial score (nSPS) is 11.0. The highest BCUT2D eigenvalue weighted by molar-refractivity contribution is 7.99.